The molecule has 0 unspecified atom stereocenters. The van der Waals surface area contributed by atoms with Gasteiger partial charge in [0.25, 0.3) is 5.91 Å². The second-order valence-electron chi connectivity index (χ2n) is 6.75. The van der Waals surface area contributed by atoms with Crippen molar-refractivity contribution < 1.29 is 9.59 Å². The van der Waals surface area contributed by atoms with Crippen molar-refractivity contribution in [2.24, 2.45) is 5.73 Å². The monoisotopic (exact) mass is 388 g/mol. The summed E-state index contributed by atoms with van der Waals surface area (Å²) in [4.78, 5) is 25.4. The maximum absolute atomic E-state index is 12.4. The third-order valence-corrected chi connectivity index (χ3v) is 6.85. The number of aryl methyl sites for hydroxylation is 3. The van der Waals surface area contributed by atoms with Crippen LogP contribution in [0.5, 0.6) is 0 Å². The molecular weight excluding hydrogens is 364 g/mol. The zero-order chi connectivity index (χ0) is 18.7. The van der Waals surface area contributed by atoms with Crippen LogP contribution in [0.25, 0.3) is 0 Å². The van der Waals surface area contributed by atoms with Crippen LogP contribution in [0.3, 0.4) is 0 Å². The molecule has 0 saturated heterocycles. The van der Waals surface area contributed by atoms with Gasteiger partial charge in [-0.2, -0.15) is 0 Å². The Morgan fingerprint density at radius 3 is 2.77 bits per heavy atom. The number of primary amides is 1. The minimum absolute atomic E-state index is 0.0820. The molecule has 2 amide bonds. The molecule has 0 fully saturated rings. The van der Waals surface area contributed by atoms with Crippen LogP contribution in [-0.2, 0) is 23.4 Å². The second-order valence-corrected chi connectivity index (χ2v) is 8.84. The first-order valence-corrected chi connectivity index (χ1v) is 10.8. The lowest BCUT2D eigenvalue weighted by Gasteiger charge is -2.11. The number of nitrogens with one attached hydrogen (secondary N) is 1. The number of benzene rings is 1. The third-order valence-electron chi connectivity index (χ3n) is 4.67. The first-order chi connectivity index (χ1) is 12.5. The molecule has 1 aliphatic carbocycles. The normalized spacial score (nSPS) is 13.3. The summed E-state index contributed by atoms with van der Waals surface area (Å²) in [5.74, 6) is 0.628. The summed E-state index contributed by atoms with van der Waals surface area (Å²) in [5.41, 5.74) is 10.9. The van der Waals surface area contributed by atoms with Gasteiger partial charge in [-0.25, -0.2) is 0 Å². The number of thiophene rings is 1. The zero-order valence-corrected chi connectivity index (χ0v) is 16.8. The highest BCUT2D eigenvalue weighted by molar-refractivity contribution is 7.99. The molecule has 138 valence electrons. The van der Waals surface area contributed by atoms with Gasteiger partial charge < -0.3 is 11.1 Å². The lowest BCUT2D eigenvalue weighted by molar-refractivity contribution is -0.113. The van der Waals surface area contributed by atoms with Gasteiger partial charge in [-0.05, 0) is 56.2 Å². The first-order valence-electron chi connectivity index (χ1n) is 8.83. The summed E-state index contributed by atoms with van der Waals surface area (Å²) in [6, 6.07) is 6.37. The summed E-state index contributed by atoms with van der Waals surface area (Å²) >= 11 is 3.09. The van der Waals surface area contributed by atoms with E-state index in [9.17, 15) is 9.59 Å². The summed E-state index contributed by atoms with van der Waals surface area (Å²) in [6.07, 6.45) is 4.05. The fraction of sp³-hybridized carbons (Fsp3) is 0.400. The number of fused-ring (bicyclic) bond motifs is 1. The van der Waals surface area contributed by atoms with Gasteiger partial charge in [-0.3, -0.25) is 9.59 Å². The number of rotatable bonds is 6. The van der Waals surface area contributed by atoms with E-state index >= 15 is 0 Å². The SMILES string of the molecule is Cc1ccc(C)c(CSCC(=O)Nc2sc3c(c2C(N)=O)CCCC3)c1. The first kappa shape index (κ1) is 19.0. The van der Waals surface area contributed by atoms with Crippen LogP contribution in [0, 0.1) is 13.8 Å². The van der Waals surface area contributed by atoms with Crippen LogP contribution >= 0.6 is 23.1 Å². The highest BCUT2D eigenvalue weighted by atomic mass is 32.2. The number of hydrogen-bond acceptors (Lipinski definition) is 4. The highest BCUT2D eigenvalue weighted by Crippen LogP contribution is 2.38. The predicted molar refractivity (Wildman–Crippen MR) is 110 cm³/mol. The lowest BCUT2D eigenvalue weighted by atomic mass is 9.95. The van der Waals surface area contributed by atoms with Crippen molar-refractivity contribution in [3.05, 3.63) is 50.9 Å². The van der Waals surface area contributed by atoms with E-state index in [1.165, 1.54) is 32.9 Å². The molecule has 26 heavy (non-hydrogen) atoms. The van der Waals surface area contributed by atoms with E-state index in [0.717, 1.165) is 37.0 Å². The average Bonchev–Trinajstić information content (AvgIpc) is 2.95. The van der Waals surface area contributed by atoms with Gasteiger partial charge in [0.15, 0.2) is 0 Å². The fourth-order valence-corrected chi connectivity index (χ4v) is 5.49. The van der Waals surface area contributed by atoms with E-state index in [4.69, 9.17) is 5.73 Å². The number of thioether (sulfide) groups is 1. The Balaban J connectivity index is 1.62. The van der Waals surface area contributed by atoms with Crippen LogP contribution < -0.4 is 11.1 Å². The molecule has 1 aromatic heterocycles. The second kappa shape index (κ2) is 8.27. The molecule has 0 saturated carbocycles. The van der Waals surface area contributed by atoms with Gasteiger partial charge in [0.1, 0.15) is 5.00 Å². The quantitative estimate of drug-likeness (QED) is 0.778. The van der Waals surface area contributed by atoms with Gasteiger partial charge in [0.2, 0.25) is 5.91 Å². The molecule has 6 heteroatoms. The molecule has 0 spiro atoms. The van der Waals surface area contributed by atoms with Crippen molar-refractivity contribution in [2.75, 3.05) is 11.1 Å². The smallest absolute Gasteiger partial charge is 0.251 e. The van der Waals surface area contributed by atoms with Crippen LogP contribution in [0.1, 0.15) is 50.3 Å². The molecule has 4 nitrogen and oxygen atoms in total. The van der Waals surface area contributed by atoms with E-state index in [1.807, 2.05) is 0 Å². The lowest BCUT2D eigenvalue weighted by Crippen LogP contribution is -2.19. The summed E-state index contributed by atoms with van der Waals surface area (Å²) in [7, 11) is 0. The zero-order valence-electron chi connectivity index (χ0n) is 15.2. The molecule has 3 N–H and O–H groups in total. The molecule has 0 atom stereocenters. The number of carbonyl (C=O) groups is 2. The summed E-state index contributed by atoms with van der Waals surface area (Å²) in [5, 5.41) is 3.55. The number of anilines is 1. The van der Waals surface area contributed by atoms with Crippen LogP contribution in [0.15, 0.2) is 18.2 Å². The van der Waals surface area contributed by atoms with Gasteiger partial charge >= 0.3 is 0 Å². The van der Waals surface area contributed by atoms with Crippen molar-refractivity contribution in [3.8, 4) is 0 Å². The topological polar surface area (TPSA) is 72.2 Å². The van der Waals surface area contributed by atoms with Gasteiger partial charge in [0, 0.05) is 10.6 Å². The standard InChI is InChI=1S/C20H24N2O2S2/c1-12-7-8-13(2)14(9-12)10-25-11-17(23)22-20-18(19(21)24)15-5-3-4-6-16(15)26-20/h7-9H,3-6,10-11H2,1-2H3,(H2,21,24)(H,22,23). The largest absolute Gasteiger partial charge is 0.365 e. The van der Waals surface area contributed by atoms with E-state index in [-0.39, 0.29) is 5.91 Å². The van der Waals surface area contributed by atoms with E-state index < -0.39 is 5.91 Å². The molecular formula is C20H24N2O2S2. The molecule has 1 aliphatic rings. The van der Waals surface area contributed by atoms with Crippen molar-refractivity contribution in [2.45, 2.75) is 45.3 Å². The predicted octanol–water partition coefficient (Wildman–Crippen LogP) is 4.21. The summed E-state index contributed by atoms with van der Waals surface area (Å²) in [6.45, 7) is 4.16. The van der Waals surface area contributed by atoms with Gasteiger partial charge in [-0.15, -0.1) is 23.1 Å². The van der Waals surface area contributed by atoms with Crippen molar-refractivity contribution in [1.29, 1.82) is 0 Å². The molecule has 0 aliphatic heterocycles. The van der Waals surface area contributed by atoms with Gasteiger partial charge in [0.05, 0.1) is 11.3 Å². The Hall–Kier alpha value is -1.79. The van der Waals surface area contributed by atoms with Crippen LogP contribution in [-0.4, -0.2) is 17.6 Å². The number of carbonyl (C=O) groups excluding carboxylic acids is 2. The van der Waals surface area contributed by atoms with E-state index in [1.54, 1.807) is 11.8 Å². The van der Waals surface area contributed by atoms with Crippen molar-refractivity contribution in [1.82, 2.24) is 0 Å². The fourth-order valence-electron chi connectivity index (χ4n) is 3.29. The Morgan fingerprint density at radius 2 is 2.00 bits per heavy atom. The Morgan fingerprint density at radius 1 is 1.23 bits per heavy atom. The van der Waals surface area contributed by atoms with Crippen LogP contribution in [0.4, 0.5) is 5.00 Å². The van der Waals surface area contributed by atoms with Gasteiger partial charge in [-0.1, -0.05) is 23.8 Å². The Labute approximate surface area is 162 Å². The maximum Gasteiger partial charge on any atom is 0.251 e. The molecule has 2 aromatic rings. The number of nitrogens with two attached hydrogens (primary N) is 1. The maximum atomic E-state index is 12.4. The van der Waals surface area contributed by atoms with Crippen molar-refractivity contribution >= 4 is 39.9 Å². The minimum atomic E-state index is -0.442. The molecule has 1 aromatic carbocycles. The number of hydrogen-bond donors (Lipinski definition) is 2. The summed E-state index contributed by atoms with van der Waals surface area (Å²) < 4.78 is 0. The molecule has 3 rings (SSSR count). The molecule has 1 heterocycles. The Bertz CT molecular complexity index is 843. The minimum Gasteiger partial charge on any atom is -0.365 e. The molecule has 0 radical (unpaired) electrons. The van der Waals surface area contributed by atoms with Crippen molar-refractivity contribution in [3.63, 3.8) is 0 Å². The average molecular weight is 389 g/mol. The van der Waals surface area contributed by atoms with Crippen LogP contribution in [0.2, 0.25) is 0 Å². The van der Waals surface area contributed by atoms with E-state index in [0.29, 0.717) is 16.3 Å². The Kier molecular flexibility index (Phi) is 6.04. The third kappa shape index (κ3) is 4.30. The molecule has 0 bridgehead atoms. The number of amides is 2. The highest BCUT2D eigenvalue weighted by Gasteiger charge is 2.24. The van der Waals surface area contributed by atoms with E-state index in [2.05, 4.69) is 37.4 Å².